The van der Waals surface area contributed by atoms with Crippen LogP contribution in [0, 0.1) is 0 Å². The van der Waals surface area contributed by atoms with Crippen molar-refractivity contribution in [2.45, 2.75) is 89.0 Å². The average molecular weight is 540 g/mol. The molecule has 1 aliphatic carbocycles. The first-order chi connectivity index (χ1) is 18.5. The lowest BCUT2D eigenvalue weighted by Crippen LogP contribution is -2.47. The maximum Gasteiger partial charge on any atom is 0.240 e. The molecule has 206 valence electrons. The number of carbonyl (C=O) groups is 1. The molecule has 0 aromatic heterocycles. The van der Waals surface area contributed by atoms with E-state index in [1.165, 1.54) is 56.1 Å². The summed E-state index contributed by atoms with van der Waals surface area (Å²) in [6.45, 7) is 2.99. The van der Waals surface area contributed by atoms with Gasteiger partial charge in [0.05, 0.1) is 20.3 Å². The zero-order valence-corrected chi connectivity index (χ0v) is 23.6. The van der Waals surface area contributed by atoms with E-state index in [4.69, 9.17) is 21.1 Å². The molecule has 3 aliphatic rings. The van der Waals surface area contributed by atoms with Crippen LogP contribution in [0.5, 0.6) is 11.5 Å². The van der Waals surface area contributed by atoms with E-state index in [1.54, 1.807) is 14.2 Å². The van der Waals surface area contributed by atoms with Gasteiger partial charge in [-0.05, 0) is 66.6 Å². The van der Waals surface area contributed by atoms with Crippen molar-refractivity contribution in [3.8, 4) is 11.5 Å². The molecular formula is C31H42ClN3O3. The van der Waals surface area contributed by atoms with E-state index in [0.29, 0.717) is 24.4 Å². The Kier molecular flexibility index (Phi) is 9.13. The maximum atomic E-state index is 14.1. The highest BCUT2D eigenvalue weighted by atomic mass is 35.5. The number of hydrogen-bond acceptors (Lipinski definition) is 5. The molecule has 2 aliphatic heterocycles. The second-order valence-corrected chi connectivity index (χ2v) is 11.6. The van der Waals surface area contributed by atoms with Gasteiger partial charge < -0.3 is 19.7 Å². The van der Waals surface area contributed by atoms with Gasteiger partial charge in [0.25, 0.3) is 0 Å². The highest BCUT2D eigenvalue weighted by molar-refractivity contribution is 6.30. The van der Waals surface area contributed by atoms with E-state index in [0.717, 1.165) is 48.8 Å². The Hall–Kier alpha value is -2.28. The standard InChI is InChI=1S/C31H42ClN3O3/c1-37-29-16-23-14-15-34(20-24(23)17-30(29)38-2)31(36)28-18-27(33-26-8-6-4-3-5-7-9-26)21-35(28)19-22-10-12-25(32)13-11-22/h10-13,16-17,26-28,33H,3-9,14-15,18-21H2,1-2H3/t27-,28+/m1/s1. The maximum absolute atomic E-state index is 14.1. The molecule has 1 saturated carbocycles. The van der Waals surface area contributed by atoms with Crippen LogP contribution in [0.15, 0.2) is 36.4 Å². The van der Waals surface area contributed by atoms with Gasteiger partial charge in [0, 0.05) is 43.3 Å². The molecule has 0 radical (unpaired) electrons. The molecular weight excluding hydrogens is 498 g/mol. The third-order valence-corrected chi connectivity index (χ3v) is 8.85. The van der Waals surface area contributed by atoms with Gasteiger partial charge in [-0.25, -0.2) is 0 Å². The quantitative estimate of drug-likeness (QED) is 0.497. The predicted molar refractivity (Wildman–Crippen MR) is 152 cm³/mol. The lowest BCUT2D eigenvalue weighted by Gasteiger charge is -2.34. The van der Waals surface area contributed by atoms with Crippen molar-refractivity contribution in [2.24, 2.45) is 0 Å². The van der Waals surface area contributed by atoms with Crippen LogP contribution in [0.1, 0.15) is 68.1 Å². The molecule has 6 nitrogen and oxygen atoms in total. The number of amides is 1. The third kappa shape index (κ3) is 6.47. The number of likely N-dealkylation sites (tertiary alicyclic amines) is 1. The lowest BCUT2D eigenvalue weighted by molar-refractivity contribution is -0.137. The van der Waals surface area contributed by atoms with E-state index in [2.05, 4.69) is 28.4 Å². The fourth-order valence-electron chi connectivity index (χ4n) is 6.52. The summed E-state index contributed by atoms with van der Waals surface area (Å²) in [6.07, 6.45) is 10.9. The molecule has 0 spiro atoms. The van der Waals surface area contributed by atoms with Crippen molar-refractivity contribution in [1.82, 2.24) is 15.1 Å². The number of carbonyl (C=O) groups excluding carboxylic acids is 1. The monoisotopic (exact) mass is 539 g/mol. The molecule has 2 atom stereocenters. The number of rotatable bonds is 7. The minimum absolute atomic E-state index is 0.126. The van der Waals surface area contributed by atoms with Crippen LogP contribution < -0.4 is 14.8 Å². The number of nitrogens with zero attached hydrogens (tertiary/aromatic N) is 2. The van der Waals surface area contributed by atoms with Crippen molar-refractivity contribution < 1.29 is 14.3 Å². The van der Waals surface area contributed by atoms with Gasteiger partial charge in [-0.2, -0.15) is 0 Å². The van der Waals surface area contributed by atoms with Crippen molar-refractivity contribution in [3.63, 3.8) is 0 Å². The fraction of sp³-hybridized carbons (Fsp3) is 0.581. The molecule has 2 aromatic carbocycles. The molecule has 2 fully saturated rings. The number of benzene rings is 2. The molecule has 2 aromatic rings. The Morgan fingerprint density at radius 1 is 0.947 bits per heavy atom. The largest absolute Gasteiger partial charge is 0.493 e. The molecule has 0 bridgehead atoms. The topological polar surface area (TPSA) is 54.0 Å². The first-order valence-electron chi connectivity index (χ1n) is 14.3. The van der Waals surface area contributed by atoms with Gasteiger partial charge >= 0.3 is 0 Å². The second kappa shape index (κ2) is 12.7. The number of methoxy groups -OCH3 is 2. The van der Waals surface area contributed by atoms with E-state index >= 15 is 0 Å². The van der Waals surface area contributed by atoms with Crippen LogP contribution in [0.25, 0.3) is 0 Å². The molecule has 1 N–H and O–H groups in total. The van der Waals surface area contributed by atoms with Gasteiger partial charge in [-0.15, -0.1) is 0 Å². The minimum atomic E-state index is -0.126. The molecule has 38 heavy (non-hydrogen) atoms. The number of ether oxygens (including phenoxy) is 2. The van der Waals surface area contributed by atoms with Crippen LogP contribution in [-0.2, 0) is 24.3 Å². The average Bonchev–Trinajstić information content (AvgIpc) is 3.31. The van der Waals surface area contributed by atoms with Gasteiger partial charge in [0.15, 0.2) is 11.5 Å². The highest BCUT2D eigenvalue weighted by Gasteiger charge is 2.40. The summed E-state index contributed by atoms with van der Waals surface area (Å²) in [5, 5.41) is 4.72. The molecule has 0 unspecified atom stereocenters. The fourth-order valence-corrected chi connectivity index (χ4v) is 6.64. The molecule has 5 rings (SSSR count). The van der Waals surface area contributed by atoms with E-state index in [9.17, 15) is 4.79 Å². The number of hydrogen-bond donors (Lipinski definition) is 1. The van der Waals surface area contributed by atoms with Gasteiger partial charge in [0.2, 0.25) is 5.91 Å². The van der Waals surface area contributed by atoms with Crippen LogP contribution in [-0.4, -0.2) is 61.1 Å². The zero-order chi connectivity index (χ0) is 26.5. The number of fused-ring (bicyclic) bond motifs is 1. The van der Waals surface area contributed by atoms with Gasteiger partial charge in [-0.1, -0.05) is 55.8 Å². The van der Waals surface area contributed by atoms with Crippen LogP contribution >= 0.6 is 11.6 Å². The molecule has 2 heterocycles. The summed E-state index contributed by atoms with van der Waals surface area (Å²) >= 11 is 6.15. The van der Waals surface area contributed by atoms with E-state index < -0.39 is 0 Å². The summed E-state index contributed by atoms with van der Waals surface area (Å²) in [5.74, 6) is 1.70. The first-order valence-corrected chi connectivity index (χ1v) is 14.7. The van der Waals surface area contributed by atoms with Gasteiger partial charge in [0.1, 0.15) is 0 Å². The smallest absolute Gasteiger partial charge is 0.240 e. The first kappa shape index (κ1) is 27.3. The van der Waals surface area contributed by atoms with Crippen molar-refractivity contribution in [2.75, 3.05) is 27.3 Å². The van der Waals surface area contributed by atoms with Gasteiger partial charge in [-0.3, -0.25) is 9.69 Å². The second-order valence-electron chi connectivity index (χ2n) is 11.2. The summed E-state index contributed by atoms with van der Waals surface area (Å²) in [6, 6.07) is 12.9. The summed E-state index contributed by atoms with van der Waals surface area (Å²) in [7, 11) is 3.33. The Bertz CT molecular complexity index is 1080. The van der Waals surface area contributed by atoms with Crippen LogP contribution in [0.2, 0.25) is 5.02 Å². The molecule has 7 heteroatoms. The summed E-state index contributed by atoms with van der Waals surface area (Å²) < 4.78 is 11.0. The summed E-state index contributed by atoms with van der Waals surface area (Å²) in [5.41, 5.74) is 3.58. The summed E-state index contributed by atoms with van der Waals surface area (Å²) in [4.78, 5) is 18.5. The Balaban J connectivity index is 1.31. The molecule has 1 amide bonds. The number of halogens is 1. The van der Waals surface area contributed by atoms with Crippen LogP contribution in [0.4, 0.5) is 0 Å². The highest BCUT2D eigenvalue weighted by Crippen LogP contribution is 2.34. The lowest BCUT2D eigenvalue weighted by atomic mass is 9.95. The Morgan fingerprint density at radius 3 is 2.29 bits per heavy atom. The Labute approximate surface area is 232 Å². The molecule has 1 saturated heterocycles. The third-order valence-electron chi connectivity index (χ3n) is 8.59. The Morgan fingerprint density at radius 2 is 1.61 bits per heavy atom. The predicted octanol–water partition coefficient (Wildman–Crippen LogP) is 5.59. The van der Waals surface area contributed by atoms with Crippen LogP contribution in [0.3, 0.4) is 0 Å². The van der Waals surface area contributed by atoms with E-state index in [1.807, 2.05) is 23.1 Å². The SMILES string of the molecule is COc1cc2c(cc1OC)CN(C(=O)[C@@H]1C[C@@H](NC3CCCCCCC3)CN1Cc1ccc(Cl)cc1)CC2. The minimum Gasteiger partial charge on any atom is -0.493 e. The van der Waals surface area contributed by atoms with Crippen molar-refractivity contribution in [1.29, 1.82) is 0 Å². The zero-order valence-electron chi connectivity index (χ0n) is 22.9. The van der Waals surface area contributed by atoms with Crippen molar-refractivity contribution >= 4 is 17.5 Å². The normalized spacial score (nSPS) is 23.0. The van der Waals surface area contributed by atoms with Crippen molar-refractivity contribution in [3.05, 3.63) is 58.1 Å². The van der Waals surface area contributed by atoms with E-state index in [-0.39, 0.29) is 11.9 Å². The number of nitrogens with one attached hydrogen (secondary N) is 1.